The molecule has 1 amide bonds. The van der Waals surface area contributed by atoms with Gasteiger partial charge in [0.1, 0.15) is 0 Å². The van der Waals surface area contributed by atoms with Gasteiger partial charge in [0.25, 0.3) is 5.91 Å². The van der Waals surface area contributed by atoms with Crippen molar-refractivity contribution < 1.29 is 14.3 Å². The lowest BCUT2D eigenvalue weighted by Crippen LogP contribution is -2.42. The van der Waals surface area contributed by atoms with Gasteiger partial charge in [0, 0.05) is 57.0 Å². The quantitative estimate of drug-likeness (QED) is 0.866. The number of hydrogen-bond donors (Lipinski definition) is 1. The van der Waals surface area contributed by atoms with E-state index in [2.05, 4.69) is 15.1 Å². The maximum absolute atomic E-state index is 12.7. The van der Waals surface area contributed by atoms with Crippen molar-refractivity contribution in [2.75, 3.05) is 52.6 Å². The summed E-state index contributed by atoms with van der Waals surface area (Å²) in [7, 11) is 0. The van der Waals surface area contributed by atoms with Gasteiger partial charge in [-0.2, -0.15) is 5.10 Å². The molecule has 126 valence electrons. The van der Waals surface area contributed by atoms with Gasteiger partial charge >= 0.3 is 0 Å². The van der Waals surface area contributed by atoms with Crippen molar-refractivity contribution in [3.05, 3.63) is 17.0 Å². The molecule has 1 aromatic rings. The largest absolute Gasteiger partial charge is 0.381 e. The highest BCUT2D eigenvalue weighted by molar-refractivity contribution is 5.94. The highest BCUT2D eigenvalue weighted by Crippen LogP contribution is 2.24. The summed E-state index contributed by atoms with van der Waals surface area (Å²) in [6.07, 6.45) is 2.08. The Morgan fingerprint density at radius 1 is 1.22 bits per heavy atom. The smallest absolute Gasteiger partial charge is 0.274 e. The molecule has 0 saturated carbocycles. The molecule has 3 aliphatic rings. The first kappa shape index (κ1) is 15.1. The fourth-order valence-corrected chi connectivity index (χ4v) is 3.69. The van der Waals surface area contributed by atoms with E-state index in [1.807, 2.05) is 4.90 Å². The van der Waals surface area contributed by atoms with Crippen molar-refractivity contribution >= 4 is 5.91 Å². The Kier molecular flexibility index (Phi) is 4.33. The lowest BCUT2D eigenvalue weighted by atomic mass is 10.0. The summed E-state index contributed by atoms with van der Waals surface area (Å²) in [6, 6.07) is 0. The van der Waals surface area contributed by atoms with Crippen LogP contribution in [0.5, 0.6) is 0 Å². The van der Waals surface area contributed by atoms with E-state index < -0.39 is 0 Å². The van der Waals surface area contributed by atoms with Gasteiger partial charge in [0.15, 0.2) is 5.69 Å². The van der Waals surface area contributed by atoms with Gasteiger partial charge in [-0.15, -0.1) is 0 Å². The molecule has 1 atom stereocenters. The van der Waals surface area contributed by atoms with E-state index in [1.54, 1.807) is 0 Å². The minimum Gasteiger partial charge on any atom is -0.381 e. The maximum Gasteiger partial charge on any atom is 0.274 e. The topological polar surface area (TPSA) is 70.7 Å². The third-order valence-corrected chi connectivity index (χ3v) is 5.05. The number of amides is 1. The summed E-state index contributed by atoms with van der Waals surface area (Å²) < 4.78 is 10.8. The maximum atomic E-state index is 12.7. The van der Waals surface area contributed by atoms with Crippen LogP contribution in [0.3, 0.4) is 0 Å². The van der Waals surface area contributed by atoms with Crippen molar-refractivity contribution in [1.29, 1.82) is 0 Å². The number of aromatic amines is 1. The van der Waals surface area contributed by atoms with Crippen LogP contribution in [-0.4, -0.2) is 78.5 Å². The molecule has 0 radical (unpaired) electrons. The van der Waals surface area contributed by atoms with Crippen LogP contribution in [0, 0.1) is 5.92 Å². The van der Waals surface area contributed by atoms with Gasteiger partial charge < -0.3 is 14.4 Å². The minimum absolute atomic E-state index is 0.0387. The van der Waals surface area contributed by atoms with Gasteiger partial charge in [-0.1, -0.05) is 0 Å². The standard InChI is InChI=1S/C16H24N4O3/c21-16(20-4-7-22-8-5-20)15-13-10-19(3-1-14(13)17-18-15)9-12-2-6-23-11-12/h12H,1-11H2,(H,17,18). The van der Waals surface area contributed by atoms with Crippen LogP contribution in [0.25, 0.3) is 0 Å². The van der Waals surface area contributed by atoms with E-state index in [1.165, 1.54) is 0 Å². The lowest BCUT2D eigenvalue weighted by Gasteiger charge is -2.30. The number of nitrogens with one attached hydrogen (secondary N) is 1. The predicted octanol–water partition coefficient (Wildman–Crippen LogP) is 0.277. The van der Waals surface area contributed by atoms with Crippen molar-refractivity contribution in [3.8, 4) is 0 Å². The number of fused-ring (bicyclic) bond motifs is 1. The Bertz CT molecular complexity index is 562. The van der Waals surface area contributed by atoms with E-state index >= 15 is 0 Å². The van der Waals surface area contributed by atoms with Crippen molar-refractivity contribution in [3.63, 3.8) is 0 Å². The molecule has 0 bridgehead atoms. The van der Waals surface area contributed by atoms with Crippen LogP contribution in [-0.2, 0) is 22.4 Å². The van der Waals surface area contributed by atoms with Gasteiger partial charge in [0.2, 0.25) is 0 Å². The Labute approximate surface area is 135 Å². The van der Waals surface area contributed by atoms with Crippen LogP contribution in [0.1, 0.15) is 28.2 Å². The van der Waals surface area contributed by atoms with E-state index in [0.717, 1.165) is 56.9 Å². The number of H-pyrrole nitrogens is 1. The first-order chi connectivity index (χ1) is 11.3. The zero-order valence-corrected chi connectivity index (χ0v) is 13.4. The summed E-state index contributed by atoms with van der Waals surface area (Å²) in [5.74, 6) is 0.665. The van der Waals surface area contributed by atoms with Gasteiger partial charge in [-0.3, -0.25) is 14.8 Å². The number of carbonyl (C=O) groups excluding carboxylic acids is 1. The molecule has 2 saturated heterocycles. The SMILES string of the molecule is O=C(c1n[nH]c2c1CN(CC1CCOC1)CC2)N1CCOCC1. The first-order valence-corrected chi connectivity index (χ1v) is 8.54. The molecule has 7 heteroatoms. The Morgan fingerprint density at radius 2 is 2.09 bits per heavy atom. The molecule has 0 aliphatic carbocycles. The number of nitrogens with zero attached hydrogens (tertiary/aromatic N) is 3. The Morgan fingerprint density at radius 3 is 2.87 bits per heavy atom. The van der Waals surface area contributed by atoms with Crippen LogP contribution in [0.2, 0.25) is 0 Å². The van der Waals surface area contributed by atoms with Crippen molar-refractivity contribution in [2.45, 2.75) is 19.4 Å². The molecule has 0 aromatic carbocycles. The molecule has 0 spiro atoms. The Hall–Kier alpha value is -1.44. The monoisotopic (exact) mass is 320 g/mol. The van der Waals surface area contributed by atoms with Gasteiger partial charge in [-0.25, -0.2) is 0 Å². The van der Waals surface area contributed by atoms with Crippen LogP contribution >= 0.6 is 0 Å². The summed E-state index contributed by atoms with van der Waals surface area (Å²) in [6.45, 7) is 7.19. The van der Waals surface area contributed by atoms with Crippen LogP contribution in [0.4, 0.5) is 0 Å². The molecule has 1 unspecified atom stereocenters. The van der Waals surface area contributed by atoms with Crippen LogP contribution in [0.15, 0.2) is 0 Å². The van der Waals surface area contributed by atoms with Gasteiger partial charge in [0.05, 0.1) is 19.8 Å². The summed E-state index contributed by atoms with van der Waals surface area (Å²) in [5, 5.41) is 7.41. The second-order valence-corrected chi connectivity index (χ2v) is 6.65. The fraction of sp³-hybridized carbons (Fsp3) is 0.750. The average molecular weight is 320 g/mol. The molecular weight excluding hydrogens is 296 g/mol. The predicted molar refractivity (Wildman–Crippen MR) is 83.2 cm³/mol. The van der Waals surface area contributed by atoms with Crippen molar-refractivity contribution in [1.82, 2.24) is 20.0 Å². The highest BCUT2D eigenvalue weighted by atomic mass is 16.5. The molecule has 7 nitrogen and oxygen atoms in total. The Balaban J connectivity index is 1.46. The highest BCUT2D eigenvalue weighted by Gasteiger charge is 2.30. The normalized spacial score (nSPS) is 25.6. The second-order valence-electron chi connectivity index (χ2n) is 6.65. The molecule has 23 heavy (non-hydrogen) atoms. The summed E-state index contributed by atoms with van der Waals surface area (Å²) >= 11 is 0. The third kappa shape index (κ3) is 3.13. The summed E-state index contributed by atoms with van der Waals surface area (Å²) in [5.41, 5.74) is 2.82. The second kappa shape index (κ2) is 6.59. The third-order valence-electron chi connectivity index (χ3n) is 5.05. The van der Waals surface area contributed by atoms with E-state index in [9.17, 15) is 4.79 Å². The average Bonchev–Trinajstić information content (AvgIpc) is 3.24. The van der Waals surface area contributed by atoms with Crippen molar-refractivity contribution in [2.24, 2.45) is 5.92 Å². The number of hydrogen-bond acceptors (Lipinski definition) is 5. The zero-order chi connectivity index (χ0) is 15.6. The lowest BCUT2D eigenvalue weighted by molar-refractivity contribution is 0.0297. The number of rotatable bonds is 3. The van der Waals surface area contributed by atoms with Crippen LogP contribution < -0.4 is 0 Å². The molecule has 3 aliphatic heterocycles. The van der Waals surface area contributed by atoms with E-state index in [0.29, 0.717) is 37.9 Å². The molecule has 2 fully saturated rings. The number of morpholine rings is 1. The number of carbonyl (C=O) groups is 1. The molecule has 4 heterocycles. The van der Waals surface area contributed by atoms with E-state index in [4.69, 9.17) is 9.47 Å². The fourth-order valence-electron chi connectivity index (χ4n) is 3.69. The minimum atomic E-state index is 0.0387. The summed E-state index contributed by atoms with van der Waals surface area (Å²) in [4.78, 5) is 17.0. The number of ether oxygens (including phenoxy) is 2. The zero-order valence-electron chi connectivity index (χ0n) is 13.4. The molecular formula is C16H24N4O3. The van der Waals surface area contributed by atoms with Gasteiger partial charge in [-0.05, 0) is 12.3 Å². The van der Waals surface area contributed by atoms with E-state index in [-0.39, 0.29) is 5.91 Å². The number of aromatic nitrogens is 2. The molecule has 1 N–H and O–H groups in total. The molecule has 4 rings (SSSR count). The molecule has 1 aromatic heterocycles. The first-order valence-electron chi connectivity index (χ1n) is 8.54.